The number of nitrogens with two attached hydrogens (primary N) is 1. The average molecular weight is 470 g/mol. The Labute approximate surface area is 168 Å². The molecule has 2 heterocycles. The fourth-order valence-corrected chi connectivity index (χ4v) is 3.82. The van der Waals surface area contributed by atoms with E-state index < -0.39 is 0 Å². The number of ether oxygens (including phenoxy) is 1. The third-order valence-electron chi connectivity index (χ3n) is 4.91. The first-order valence-corrected chi connectivity index (χ1v) is 10.3. The molecule has 1 aliphatic rings. The number of rotatable bonds is 6. The van der Waals surface area contributed by atoms with E-state index in [1.165, 1.54) is 51.4 Å². The summed E-state index contributed by atoms with van der Waals surface area (Å²) in [6.07, 6.45) is 16.3. The van der Waals surface area contributed by atoms with E-state index in [9.17, 15) is 0 Å². The van der Waals surface area contributed by atoms with Crippen LogP contribution in [0.3, 0.4) is 0 Å². The molecule has 2 aromatic heterocycles. The molecule has 0 spiro atoms. The predicted octanol–water partition coefficient (Wildman–Crippen LogP) is 4.99. The summed E-state index contributed by atoms with van der Waals surface area (Å²) in [5.41, 5.74) is 6.85. The highest BCUT2D eigenvalue weighted by atomic mass is 127. The van der Waals surface area contributed by atoms with Gasteiger partial charge in [0, 0.05) is 12.2 Å². The molecular weight excluding hydrogens is 443 g/mol. The van der Waals surface area contributed by atoms with Gasteiger partial charge in [0.2, 0.25) is 11.8 Å². The molecule has 6 nitrogen and oxygen atoms in total. The van der Waals surface area contributed by atoms with Crippen molar-refractivity contribution in [2.24, 2.45) is 0 Å². The third-order valence-corrected chi connectivity index (χ3v) is 5.27. The summed E-state index contributed by atoms with van der Waals surface area (Å²) < 4.78 is 13.1. The minimum atomic E-state index is 0.259. The molecule has 0 atom stereocenters. The molecule has 0 saturated heterocycles. The monoisotopic (exact) mass is 470 g/mol. The second-order valence-corrected chi connectivity index (χ2v) is 7.38. The van der Waals surface area contributed by atoms with Gasteiger partial charge in [-0.25, -0.2) is 0 Å². The normalized spacial score (nSPS) is 17.3. The van der Waals surface area contributed by atoms with E-state index in [0.29, 0.717) is 25.1 Å². The first-order chi connectivity index (χ1) is 12.8. The number of nitrogens with zero attached hydrogens (tertiary/aromatic N) is 3. The summed E-state index contributed by atoms with van der Waals surface area (Å²) >= 11 is 1.87. The molecule has 1 fully saturated rings. The Morgan fingerprint density at radius 1 is 1.08 bits per heavy atom. The second kappa shape index (κ2) is 10.1. The van der Waals surface area contributed by atoms with Crippen molar-refractivity contribution in [3.8, 4) is 5.88 Å². The van der Waals surface area contributed by atoms with Crippen molar-refractivity contribution < 1.29 is 7.80 Å². The summed E-state index contributed by atoms with van der Waals surface area (Å²) in [6, 6.07) is 2.53. The van der Waals surface area contributed by atoms with Crippen LogP contribution in [0.15, 0.2) is 24.4 Å². The van der Waals surface area contributed by atoms with Gasteiger partial charge in [-0.15, -0.1) is 0 Å². The van der Waals surface area contributed by atoms with Crippen LogP contribution < -0.4 is 10.5 Å². The molecule has 26 heavy (non-hydrogen) atoms. The maximum atomic E-state index is 5.96. The highest BCUT2D eigenvalue weighted by Gasteiger charge is 2.18. The lowest BCUT2D eigenvalue weighted by Gasteiger charge is -2.19. The van der Waals surface area contributed by atoms with Gasteiger partial charge in [-0.2, -0.15) is 9.97 Å². The number of hydrogen-bond acceptors (Lipinski definition) is 5. The molecule has 0 aliphatic heterocycles. The van der Waals surface area contributed by atoms with E-state index >= 15 is 0 Å². The highest BCUT2D eigenvalue weighted by molar-refractivity contribution is 14.1. The van der Waals surface area contributed by atoms with Crippen LogP contribution >= 0.6 is 23.0 Å². The van der Waals surface area contributed by atoms with E-state index in [4.69, 9.17) is 13.5 Å². The summed E-state index contributed by atoms with van der Waals surface area (Å²) in [4.78, 5) is 8.81. The highest BCUT2D eigenvalue weighted by Crippen LogP contribution is 2.32. The van der Waals surface area contributed by atoms with Crippen LogP contribution in [-0.4, -0.2) is 27.7 Å². The minimum absolute atomic E-state index is 0.259. The standard InChI is InChI=1S/C19H27IN4O2/c20-26-14-8-7-13-25-18-16-11-12-24(17(16)22-19(21)23-18)15-9-5-3-1-2-4-6-10-15/h7-8,11-12,15H,1-6,9-10,13-14H2,(H2,21,22,23)/b8-7+. The van der Waals surface area contributed by atoms with Crippen LogP contribution in [-0.2, 0) is 3.07 Å². The van der Waals surface area contributed by atoms with Crippen LogP contribution in [0.25, 0.3) is 11.0 Å². The minimum Gasteiger partial charge on any atom is -0.473 e. The van der Waals surface area contributed by atoms with E-state index in [1.54, 1.807) is 0 Å². The number of fused-ring (bicyclic) bond motifs is 1. The number of nitrogen functional groups attached to an aromatic ring is 1. The van der Waals surface area contributed by atoms with E-state index in [1.807, 2.05) is 35.2 Å². The Hall–Kier alpha value is -1.35. The maximum Gasteiger partial charge on any atom is 0.228 e. The van der Waals surface area contributed by atoms with Crippen LogP contribution in [0.5, 0.6) is 5.88 Å². The SMILES string of the molecule is Nc1nc(OC/C=C/COI)c2ccn(C3CCCCCCCC3)c2n1. The van der Waals surface area contributed by atoms with Gasteiger partial charge < -0.3 is 18.1 Å². The molecular formula is C19H27IN4O2. The largest absolute Gasteiger partial charge is 0.473 e. The van der Waals surface area contributed by atoms with Crippen LogP contribution in [0.2, 0.25) is 0 Å². The number of aromatic nitrogens is 3. The first-order valence-electron chi connectivity index (χ1n) is 9.45. The lowest BCUT2D eigenvalue weighted by molar-refractivity contribution is 0.352. The summed E-state index contributed by atoms with van der Waals surface area (Å²) in [5.74, 6) is 0.810. The van der Waals surface area contributed by atoms with Crippen LogP contribution in [0, 0.1) is 0 Å². The topological polar surface area (TPSA) is 75.2 Å². The van der Waals surface area contributed by atoms with Gasteiger partial charge >= 0.3 is 0 Å². The molecule has 2 aromatic rings. The van der Waals surface area contributed by atoms with Gasteiger partial charge in [-0.05, 0) is 25.0 Å². The van der Waals surface area contributed by atoms with Crippen LogP contribution in [0.4, 0.5) is 5.95 Å². The lowest BCUT2D eigenvalue weighted by Crippen LogP contribution is -2.10. The van der Waals surface area contributed by atoms with Crippen molar-refractivity contribution in [2.75, 3.05) is 18.9 Å². The van der Waals surface area contributed by atoms with Gasteiger partial charge in [0.1, 0.15) is 35.3 Å². The van der Waals surface area contributed by atoms with E-state index in [0.717, 1.165) is 11.0 Å². The second-order valence-electron chi connectivity index (χ2n) is 6.76. The zero-order chi connectivity index (χ0) is 18.2. The molecule has 1 saturated carbocycles. The van der Waals surface area contributed by atoms with Gasteiger partial charge in [0.15, 0.2) is 0 Å². The van der Waals surface area contributed by atoms with Crippen LogP contribution in [0.1, 0.15) is 57.4 Å². The Balaban J connectivity index is 1.81. The fourth-order valence-electron chi connectivity index (χ4n) is 3.62. The maximum absolute atomic E-state index is 5.96. The number of hydrogen-bond donors (Lipinski definition) is 1. The molecule has 0 unspecified atom stereocenters. The molecule has 7 heteroatoms. The van der Waals surface area contributed by atoms with Crippen molar-refractivity contribution in [1.82, 2.24) is 14.5 Å². The van der Waals surface area contributed by atoms with Gasteiger partial charge in [0.05, 0.1) is 12.0 Å². The summed E-state index contributed by atoms with van der Waals surface area (Å²) in [5, 5.41) is 0.928. The molecule has 142 valence electrons. The average Bonchev–Trinajstić information content (AvgIpc) is 3.09. The Morgan fingerprint density at radius 2 is 1.77 bits per heavy atom. The molecule has 0 aromatic carbocycles. The molecule has 2 N–H and O–H groups in total. The zero-order valence-corrected chi connectivity index (χ0v) is 17.2. The lowest BCUT2D eigenvalue weighted by atomic mass is 10.1. The fraction of sp³-hybridized carbons (Fsp3) is 0.579. The number of anilines is 1. The Bertz CT molecular complexity index is 722. The zero-order valence-electron chi connectivity index (χ0n) is 15.1. The number of halogens is 1. The summed E-state index contributed by atoms with van der Waals surface area (Å²) in [7, 11) is 0. The Kier molecular flexibility index (Phi) is 7.55. The van der Waals surface area contributed by atoms with Crippen molar-refractivity contribution in [3.63, 3.8) is 0 Å². The van der Waals surface area contributed by atoms with Crippen molar-refractivity contribution in [2.45, 2.75) is 57.4 Å². The smallest absolute Gasteiger partial charge is 0.228 e. The predicted molar refractivity (Wildman–Crippen MR) is 113 cm³/mol. The molecule has 0 bridgehead atoms. The Morgan fingerprint density at radius 3 is 2.50 bits per heavy atom. The molecule has 1 aliphatic carbocycles. The van der Waals surface area contributed by atoms with Gasteiger partial charge in [-0.1, -0.05) is 44.6 Å². The van der Waals surface area contributed by atoms with Gasteiger partial charge in [0.25, 0.3) is 0 Å². The van der Waals surface area contributed by atoms with Crippen molar-refractivity contribution in [3.05, 3.63) is 24.4 Å². The van der Waals surface area contributed by atoms with Crippen molar-refractivity contribution in [1.29, 1.82) is 0 Å². The molecule has 0 radical (unpaired) electrons. The third kappa shape index (κ3) is 5.09. The van der Waals surface area contributed by atoms with E-state index in [-0.39, 0.29) is 5.95 Å². The molecule has 3 rings (SSSR count). The van der Waals surface area contributed by atoms with Crippen molar-refractivity contribution >= 4 is 40.0 Å². The van der Waals surface area contributed by atoms with Gasteiger partial charge in [-0.3, -0.25) is 0 Å². The quantitative estimate of drug-likeness (QED) is 0.476. The van der Waals surface area contributed by atoms with E-state index in [2.05, 4.69) is 26.8 Å². The molecule has 0 amide bonds. The first kappa shape index (κ1) is 19.4. The summed E-state index contributed by atoms with van der Waals surface area (Å²) in [6.45, 7) is 0.990.